The molecule has 0 aliphatic rings. The lowest BCUT2D eigenvalue weighted by Crippen LogP contribution is -2.25. The van der Waals surface area contributed by atoms with Crippen LogP contribution in [0.4, 0.5) is 0 Å². The molecule has 8 heteroatoms. The highest BCUT2D eigenvalue weighted by Gasteiger charge is 2.06. The van der Waals surface area contributed by atoms with Gasteiger partial charge in [0.15, 0.2) is 0 Å². The number of esters is 1. The molecule has 110 valence electrons. The van der Waals surface area contributed by atoms with Crippen molar-refractivity contribution in [1.29, 1.82) is 0 Å². The summed E-state index contributed by atoms with van der Waals surface area (Å²) in [6, 6.07) is 6.87. The molecule has 0 bridgehead atoms. The molecule has 1 N–H and O–H groups in total. The van der Waals surface area contributed by atoms with E-state index >= 15 is 0 Å². The van der Waals surface area contributed by atoms with E-state index in [1.54, 1.807) is 24.3 Å². The Labute approximate surface area is 121 Å². The number of nitrogens with zero attached hydrogens (tertiary/aromatic N) is 4. The molecule has 0 aliphatic carbocycles. The van der Waals surface area contributed by atoms with E-state index in [2.05, 4.69) is 25.6 Å². The lowest BCUT2D eigenvalue weighted by Gasteiger charge is -2.05. The second-order valence-corrected chi connectivity index (χ2v) is 4.24. The summed E-state index contributed by atoms with van der Waals surface area (Å²) in [4.78, 5) is 22.8. The van der Waals surface area contributed by atoms with Crippen LogP contribution in [-0.2, 0) is 9.53 Å². The number of carbonyl (C=O) groups excluding carboxylic acids is 2. The molecule has 0 saturated heterocycles. The Kier molecular flexibility index (Phi) is 4.97. The molecule has 0 fully saturated rings. The molecule has 21 heavy (non-hydrogen) atoms. The van der Waals surface area contributed by atoms with E-state index in [4.69, 9.17) is 0 Å². The van der Waals surface area contributed by atoms with Gasteiger partial charge in [-0.1, -0.05) is 0 Å². The lowest BCUT2D eigenvalue weighted by atomic mass is 10.2. The topological polar surface area (TPSA) is 99.0 Å². The molecule has 0 atom stereocenters. The van der Waals surface area contributed by atoms with Crippen molar-refractivity contribution in [1.82, 2.24) is 25.5 Å². The fraction of sp³-hybridized carbons (Fsp3) is 0.308. The monoisotopic (exact) mass is 289 g/mol. The van der Waals surface area contributed by atoms with Gasteiger partial charge in [-0.2, -0.15) is 0 Å². The molecule has 0 aliphatic heterocycles. The Morgan fingerprint density at radius 1 is 1.29 bits per heavy atom. The zero-order chi connectivity index (χ0) is 15.1. The Morgan fingerprint density at radius 2 is 2.05 bits per heavy atom. The van der Waals surface area contributed by atoms with Crippen LogP contribution in [0.1, 0.15) is 23.2 Å². The van der Waals surface area contributed by atoms with Gasteiger partial charge in [-0.05, 0) is 41.1 Å². The Balaban J connectivity index is 1.84. The number of ether oxygens (including phenoxy) is 1. The third kappa shape index (κ3) is 4.10. The van der Waals surface area contributed by atoms with Crippen LogP contribution in [0.5, 0.6) is 0 Å². The maximum absolute atomic E-state index is 11.9. The van der Waals surface area contributed by atoms with E-state index in [-0.39, 0.29) is 18.3 Å². The first-order chi connectivity index (χ1) is 10.2. The molecule has 8 nitrogen and oxygen atoms in total. The van der Waals surface area contributed by atoms with Crippen molar-refractivity contribution in [3.05, 3.63) is 36.2 Å². The third-order valence-corrected chi connectivity index (χ3v) is 2.81. The maximum atomic E-state index is 11.9. The summed E-state index contributed by atoms with van der Waals surface area (Å²) in [5.74, 6) is -0.474. The number of methoxy groups -OCH3 is 1. The molecule has 1 aromatic heterocycles. The molecular formula is C13H15N5O3. The van der Waals surface area contributed by atoms with Gasteiger partial charge in [0.05, 0.1) is 12.8 Å². The van der Waals surface area contributed by atoms with E-state index in [9.17, 15) is 9.59 Å². The first kappa shape index (κ1) is 14.6. The quantitative estimate of drug-likeness (QED) is 0.608. The first-order valence-corrected chi connectivity index (χ1v) is 6.39. The maximum Gasteiger partial charge on any atom is 0.305 e. The van der Waals surface area contributed by atoms with Crippen molar-refractivity contribution in [2.45, 2.75) is 12.8 Å². The summed E-state index contributed by atoms with van der Waals surface area (Å²) in [6.07, 6.45) is 2.30. The van der Waals surface area contributed by atoms with Gasteiger partial charge < -0.3 is 10.1 Å². The second kappa shape index (κ2) is 7.13. The van der Waals surface area contributed by atoms with E-state index in [0.717, 1.165) is 5.69 Å². The fourth-order valence-corrected chi connectivity index (χ4v) is 1.68. The van der Waals surface area contributed by atoms with Crippen molar-refractivity contribution < 1.29 is 14.3 Å². The molecule has 0 spiro atoms. The van der Waals surface area contributed by atoms with Crippen molar-refractivity contribution >= 4 is 11.9 Å². The molecule has 2 rings (SSSR count). The summed E-state index contributed by atoms with van der Waals surface area (Å²) in [6.45, 7) is 0.419. The van der Waals surface area contributed by atoms with Crippen molar-refractivity contribution in [3.63, 3.8) is 0 Å². The minimum absolute atomic E-state index is 0.192. The van der Waals surface area contributed by atoms with Crippen LogP contribution < -0.4 is 5.32 Å². The standard InChI is InChI=1S/C13H15N5O3/c1-21-12(19)3-2-8-14-13(20)10-4-6-11(7-5-10)18-9-15-16-17-18/h4-7,9H,2-3,8H2,1H3,(H,14,20). The Morgan fingerprint density at radius 3 is 2.67 bits per heavy atom. The molecule has 0 saturated carbocycles. The van der Waals surface area contributed by atoms with Gasteiger partial charge in [-0.25, -0.2) is 4.68 Å². The van der Waals surface area contributed by atoms with Crippen LogP contribution in [0.25, 0.3) is 5.69 Å². The predicted octanol–water partition coefficient (Wildman–Crippen LogP) is 0.345. The minimum Gasteiger partial charge on any atom is -0.469 e. The average molecular weight is 289 g/mol. The van der Waals surface area contributed by atoms with E-state index in [1.807, 2.05) is 0 Å². The molecule has 2 aromatic rings. The number of rotatable bonds is 6. The van der Waals surface area contributed by atoms with Gasteiger partial charge in [0, 0.05) is 18.5 Å². The molecule has 0 unspecified atom stereocenters. The first-order valence-electron chi connectivity index (χ1n) is 6.39. The number of hydrogen-bond acceptors (Lipinski definition) is 6. The Hall–Kier alpha value is -2.77. The minimum atomic E-state index is -0.282. The number of hydrogen-bond donors (Lipinski definition) is 1. The van der Waals surface area contributed by atoms with Gasteiger partial charge in [0.25, 0.3) is 5.91 Å². The molecule has 1 aromatic carbocycles. The smallest absolute Gasteiger partial charge is 0.305 e. The summed E-state index contributed by atoms with van der Waals surface area (Å²) in [5.41, 5.74) is 1.30. The number of amides is 1. The van der Waals surface area contributed by atoms with Crippen LogP contribution in [0, 0.1) is 0 Å². The molecular weight excluding hydrogens is 274 g/mol. The van der Waals surface area contributed by atoms with E-state index in [1.165, 1.54) is 18.1 Å². The van der Waals surface area contributed by atoms with Gasteiger partial charge in [-0.3, -0.25) is 9.59 Å². The van der Waals surface area contributed by atoms with E-state index < -0.39 is 0 Å². The molecule has 1 amide bonds. The molecule has 1 heterocycles. The number of aromatic nitrogens is 4. The van der Waals surface area contributed by atoms with Gasteiger partial charge in [0.1, 0.15) is 6.33 Å². The SMILES string of the molecule is COC(=O)CCCNC(=O)c1ccc(-n2cnnn2)cc1. The summed E-state index contributed by atoms with van der Waals surface area (Å²) < 4.78 is 6.02. The summed E-state index contributed by atoms with van der Waals surface area (Å²) in [5, 5.41) is 13.6. The van der Waals surface area contributed by atoms with Gasteiger partial charge in [-0.15, -0.1) is 5.10 Å². The number of nitrogens with one attached hydrogen (secondary N) is 1. The van der Waals surface area contributed by atoms with Crippen LogP contribution in [0.2, 0.25) is 0 Å². The van der Waals surface area contributed by atoms with Crippen LogP contribution in [-0.4, -0.2) is 45.7 Å². The van der Waals surface area contributed by atoms with Crippen LogP contribution in [0.15, 0.2) is 30.6 Å². The van der Waals surface area contributed by atoms with E-state index in [0.29, 0.717) is 18.5 Å². The number of carbonyl (C=O) groups is 2. The van der Waals surface area contributed by atoms with Crippen LogP contribution in [0.3, 0.4) is 0 Å². The third-order valence-electron chi connectivity index (χ3n) is 2.81. The van der Waals surface area contributed by atoms with Gasteiger partial charge >= 0.3 is 5.97 Å². The van der Waals surface area contributed by atoms with Gasteiger partial charge in [0.2, 0.25) is 0 Å². The van der Waals surface area contributed by atoms with Crippen molar-refractivity contribution in [3.8, 4) is 5.69 Å². The Bertz CT molecular complexity index is 595. The van der Waals surface area contributed by atoms with Crippen molar-refractivity contribution in [2.24, 2.45) is 0 Å². The number of tetrazole rings is 1. The summed E-state index contributed by atoms with van der Waals surface area (Å²) in [7, 11) is 1.34. The highest BCUT2D eigenvalue weighted by molar-refractivity contribution is 5.94. The largest absolute Gasteiger partial charge is 0.469 e. The fourth-order valence-electron chi connectivity index (χ4n) is 1.68. The lowest BCUT2D eigenvalue weighted by molar-refractivity contribution is -0.140. The summed E-state index contributed by atoms with van der Waals surface area (Å²) >= 11 is 0. The second-order valence-electron chi connectivity index (χ2n) is 4.24. The normalized spacial score (nSPS) is 10.1. The zero-order valence-corrected chi connectivity index (χ0v) is 11.5. The zero-order valence-electron chi connectivity index (χ0n) is 11.5. The number of benzene rings is 1. The average Bonchev–Trinajstić information content (AvgIpc) is 3.05. The van der Waals surface area contributed by atoms with Crippen LogP contribution >= 0.6 is 0 Å². The molecule has 0 radical (unpaired) electrons. The predicted molar refractivity (Wildman–Crippen MR) is 72.7 cm³/mol. The highest BCUT2D eigenvalue weighted by Crippen LogP contribution is 2.07. The highest BCUT2D eigenvalue weighted by atomic mass is 16.5. The van der Waals surface area contributed by atoms with Crippen molar-refractivity contribution in [2.75, 3.05) is 13.7 Å².